The lowest BCUT2D eigenvalue weighted by Crippen LogP contribution is -1.99. The van der Waals surface area contributed by atoms with Gasteiger partial charge in [-0.05, 0) is 47.9 Å². The molecular formula is C39H24N4. The highest BCUT2D eigenvalue weighted by Crippen LogP contribution is 2.41. The third-order valence-electron chi connectivity index (χ3n) is 9.00. The molecule has 43 heavy (non-hydrogen) atoms. The molecule has 6 aromatic carbocycles. The van der Waals surface area contributed by atoms with Gasteiger partial charge in [-0.3, -0.25) is 8.97 Å². The first kappa shape index (κ1) is 22.8. The molecule has 200 valence electrons. The number of benzene rings is 6. The highest BCUT2D eigenvalue weighted by molar-refractivity contribution is 6.20. The summed E-state index contributed by atoms with van der Waals surface area (Å²) in [6.45, 7) is 0. The zero-order valence-corrected chi connectivity index (χ0v) is 23.1. The molecule has 4 aromatic heterocycles. The second kappa shape index (κ2) is 8.34. The standard InChI is InChI=1S/C39H24N4/c1-2-13-25(14-3-1)41-33-22-11-8-19-30(33)37-39(41)40-38-29-18-5-4-17-28(29)36-34(23-12-24-35(36)43(37)38)42-31-20-9-6-15-26(31)27-16-7-10-21-32(27)42/h1-24H. The summed E-state index contributed by atoms with van der Waals surface area (Å²) in [6, 6.07) is 52.1. The molecule has 0 amide bonds. The summed E-state index contributed by atoms with van der Waals surface area (Å²) in [5.41, 5.74) is 10.1. The first-order chi connectivity index (χ1) is 21.4. The molecule has 10 aromatic rings. The van der Waals surface area contributed by atoms with Crippen molar-refractivity contribution in [1.82, 2.24) is 18.5 Å². The highest BCUT2D eigenvalue weighted by atomic mass is 15.1. The predicted molar refractivity (Wildman–Crippen MR) is 179 cm³/mol. The Bertz CT molecular complexity index is 2670. The van der Waals surface area contributed by atoms with Crippen molar-refractivity contribution in [2.24, 2.45) is 0 Å². The van der Waals surface area contributed by atoms with Crippen LogP contribution in [-0.2, 0) is 0 Å². The average Bonchev–Trinajstić information content (AvgIpc) is 3.72. The van der Waals surface area contributed by atoms with Gasteiger partial charge in [0.25, 0.3) is 0 Å². The quantitative estimate of drug-likeness (QED) is 0.198. The molecular weight excluding hydrogens is 524 g/mol. The Morgan fingerprint density at radius 2 is 0.907 bits per heavy atom. The average molecular weight is 549 g/mol. The van der Waals surface area contributed by atoms with Crippen LogP contribution in [0.2, 0.25) is 0 Å². The Balaban J connectivity index is 1.46. The number of aromatic nitrogens is 4. The lowest BCUT2D eigenvalue weighted by Gasteiger charge is -2.15. The number of para-hydroxylation sites is 4. The van der Waals surface area contributed by atoms with Crippen LogP contribution >= 0.6 is 0 Å². The Kier molecular flexibility index (Phi) is 4.42. The second-order valence-corrected chi connectivity index (χ2v) is 11.2. The maximum atomic E-state index is 5.42. The van der Waals surface area contributed by atoms with E-state index in [0.29, 0.717) is 0 Å². The molecule has 4 heteroatoms. The van der Waals surface area contributed by atoms with E-state index in [9.17, 15) is 0 Å². The summed E-state index contributed by atoms with van der Waals surface area (Å²) in [5, 5.41) is 7.27. The third-order valence-corrected chi connectivity index (χ3v) is 9.00. The number of pyridine rings is 1. The van der Waals surface area contributed by atoms with Crippen LogP contribution in [0.25, 0.3) is 82.6 Å². The molecule has 0 radical (unpaired) electrons. The first-order valence-corrected chi connectivity index (χ1v) is 14.7. The van der Waals surface area contributed by atoms with E-state index < -0.39 is 0 Å². The molecule has 0 atom stereocenters. The van der Waals surface area contributed by atoms with Crippen molar-refractivity contribution in [2.75, 3.05) is 0 Å². The molecule has 0 N–H and O–H groups in total. The van der Waals surface area contributed by atoms with Gasteiger partial charge in [0, 0.05) is 32.6 Å². The van der Waals surface area contributed by atoms with Gasteiger partial charge in [-0.25, -0.2) is 4.98 Å². The number of hydrogen-bond donors (Lipinski definition) is 0. The van der Waals surface area contributed by atoms with Crippen molar-refractivity contribution in [2.45, 2.75) is 0 Å². The predicted octanol–water partition coefficient (Wildman–Crippen LogP) is 9.83. The van der Waals surface area contributed by atoms with Gasteiger partial charge in [-0.1, -0.05) is 103 Å². The second-order valence-electron chi connectivity index (χ2n) is 11.2. The maximum Gasteiger partial charge on any atom is 0.165 e. The molecule has 10 rings (SSSR count). The Labute approximate surface area is 246 Å². The van der Waals surface area contributed by atoms with E-state index in [4.69, 9.17) is 4.98 Å². The fraction of sp³-hybridized carbons (Fsp3) is 0. The van der Waals surface area contributed by atoms with E-state index in [1.54, 1.807) is 0 Å². The fourth-order valence-corrected chi connectivity index (χ4v) is 7.30. The summed E-state index contributed by atoms with van der Waals surface area (Å²) in [6.07, 6.45) is 0. The van der Waals surface area contributed by atoms with Gasteiger partial charge in [0.05, 0.1) is 27.8 Å². The normalized spacial score (nSPS) is 12.2. The SMILES string of the molecule is c1ccc(-n2c3ccccc3c3c2nc2c4ccccc4c4c(-n5c6ccccc6c6ccccc65)cccc4n23)cc1. The molecule has 0 bridgehead atoms. The van der Waals surface area contributed by atoms with Crippen LogP contribution in [0.3, 0.4) is 0 Å². The molecule has 0 aliphatic rings. The molecule has 0 aliphatic heterocycles. The number of hydrogen-bond acceptors (Lipinski definition) is 1. The molecule has 0 saturated heterocycles. The van der Waals surface area contributed by atoms with E-state index in [2.05, 4.69) is 159 Å². The fourth-order valence-electron chi connectivity index (χ4n) is 7.30. The zero-order valence-electron chi connectivity index (χ0n) is 23.1. The molecule has 0 fully saturated rings. The third kappa shape index (κ3) is 2.92. The molecule has 0 aliphatic carbocycles. The Morgan fingerprint density at radius 1 is 0.372 bits per heavy atom. The van der Waals surface area contributed by atoms with E-state index in [0.717, 1.165) is 38.9 Å². The van der Waals surface area contributed by atoms with Gasteiger partial charge in [0.2, 0.25) is 0 Å². The zero-order chi connectivity index (χ0) is 28.1. The summed E-state index contributed by atoms with van der Waals surface area (Å²) in [5.74, 6) is 0. The van der Waals surface area contributed by atoms with Crippen LogP contribution in [0.4, 0.5) is 0 Å². The van der Waals surface area contributed by atoms with E-state index >= 15 is 0 Å². The van der Waals surface area contributed by atoms with Crippen molar-refractivity contribution >= 4 is 71.2 Å². The lowest BCUT2D eigenvalue weighted by atomic mass is 10.0. The minimum atomic E-state index is 0.965. The van der Waals surface area contributed by atoms with E-state index in [1.807, 2.05) is 0 Å². The van der Waals surface area contributed by atoms with E-state index in [-0.39, 0.29) is 0 Å². The van der Waals surface area contributed by atoms with Crippen LogP contribution in [0.1, 0.15) is 0 Å². The van der Waals surface area contributed by atoms with Gasteiger partial charge in [-0.2, -0.15) is 0 Å². The molecule has 4 heterocycles. The number of nitrogens with zero attached hydrogens (tertiary/aromatic N) is 4. The largest absolute Gasteiger partial charge is 0.309 e. The van der Waals surface area contributed by atoms with Gasteiger partial charge in [0.1, 0.15) is 11.2 Å². The van der Waals surface area contributed by atoms with Gasteiger partial charge in [-0.15, -0.1) is 0 Å². The van der Waals surface area contributed by atoms with Gasteiger partial charge >= 0.3 is 0 Å². The Hall–Kier alpha value is -5.87. The number of fused-ring (bicyclic) bond motifs is 13. The van der Waals surface area contributed by atoms with Crippen LogP contribution in [0.15, 0.2) is 146 Å². The number of rotatable bonds is 2. The summed E-state index contributed by atoms with van der Waals surface area (Å²) >= 11 is 0. The summed E-state index contributed by atoms with van der Waals surface area (Å²) < 4.78 is 7.13. The van der Waals surface area contributed by atoms with Gasteiger partial charge in [0.15, 0.2) is 5.65 Å². The summed E-state index contributed by atoms with van der Waals surface area (Å²) in [7, 11) is 0. The van der Waals surface area contributed by atoms with Crippen molar-refractivity contribution < 1.29 is 0 Å². The van der Waals surface area contributed by atoms with Crippen molar-refractivity contribution in [3.05, 3.63) is 146 Å². The minimum absolute atomic E-state index is 0.965. The molecule has 0 saturated carbocycles. The van der Waals surface area contributed by atoms with Crippen molar-refractivity contribution in [1.29, 1.82) is 0 Å². The minimum Gasteiger partial charge on any atom is -0.309 e. The number of imidazole rings is 1. The van der Waals surface area contributed by atoms with Crippen LogP contribution in [0.5, 0.6) is 0 Å². The Morgan fingerprint density at radius 3 is 1.60 bits per heavy atom. The smallest absolute Gasteiger partial charge is 0.165 e. The topological polar surface area (TPSA) is 27.2 Å². The monoisotopic (exact) mass is 548 g/mol. The van der Waals surface area contributed by atoms with Gasteiger partial charge < -0.3 is 4.57 Å². The maximum absolute atomic E-state index is 5.42. The van der Waals surface area contributed by atoms with Crippen LogP contribution in [0, 0.1) is 0 Å². The molecule has 0 unspecified atom stereocenters. The molecule has 0 spiro atoms. The summed E-state index contributed by atoms with van der Waals surface area (Å²) in [4.78, 5) is 5.42. The van der Waals surface area contributed by atoms with Crippen LogP contribution < -0.4 is 0 Å². The van der Waals surface area contributed by atoms with Crippen LogP contribution in [-0.4, -0.2) is 18.5 Å². The first-order valence-electron chi connectivity index (χ1n) is 14.7. The van der Waals surface area contributed by atoms with Crippen molar-refractivity contribution in [3.8, 4) is 11.4 Å². The van der Waals surface area contributed by atoms with Crippen molar-refractivity contribution in [3.63, 3.8) is 0 Å². The molecule has 4 nitrogen and oxygen atoms in total. The van der Waals surface area contributed by atoms with E-state index in [1.165, 1.54) is 43.7 Å². The lowest BCUT2D eigenvalue weighted by molar-refractivity contribution is 1.15. The highest BCUT2D eigenvalue weighted by Gasteiger charge is 2.23.